The maximum Gasteiger partial charge on any atom is 0.410 e. The standard InChI is InChI=1S/C24H33FN4O6/c1-24(2,3)35-23(32)27-12-17(25)11-19(27)15-33-26-21(30)20-10-9-18-13-28(20)22(31)29(18)34-14-16-7-5-4-6-8-16/h4-8,17-20H,9-15H2,1-3H3,(H,26,30)/t17-,18+,19-,20-/m0/s1. The van der Waals surface area contributed by atoms with E-state index in [0.717, 1.165) is 5.56 Å². The van der Waals surface area contributed by atoms with E-state index in [4.69, 9.17) is 14.4 Å². The van der Waals surface area contributed by atoms with E-state index in [1.165, 1.54) is 14.9 Å². The first-order valence-corrected chi connectivity index (χ1v) is 11.9. The molecular weight excluding hydrogens is 459 g/mol. The number of carbonyl (C=O) groups is 3. The number of fused-ring (bicyclic) bond motifs is 2. The molecule has 1 aromatic carbocycles. The molecule has 3 aliphatic rings. The fourth-order valence-corrected chi connectivity index (χ4v) is 4.63. The quantitative estimate of drug-likeness (QED) is 0.588. The van der Waals surface area contributed by atoms with Crippen LogP contribution < -0.4 is 5.48 Å². The first kappa shape index (κ1) is 25.2. The summed E-state index contributed by atoms with van der Waals surface area (Å²) in [6.45, 7) is 5.71. The minimum absolute atomic E-state index is 0.0814. The Labute approximate surface area is 204 Å². The van der Waals surface area contributed by atoms with Crippen molar-refractivity contribution in [2.75, 3.05) is 19.7 Å². The fraction of sp³-hybridized carbons (Fsp3) is 0.625. The van der Waals surface area contributed by atoms with Gasteiger partial charge in [0.1, 0.15) is 24.4 Å². The Balaban J connectivity index is 1.26. The Morgan fingerprint density at radius 1 is 1.14 bits per heavy atom. The van der Waals surface area contributed by atoms with Gasteiger partial charge in [0.15, 0.2) is 0 Å². The number of benzene rings is 1. The molecule has 0 saturated carbocycles. The monoisotopic (exact) mass is 492 g/mol. The van der Waals surface area contributed by atoms with Gasteiger partial charge in [0.2, 0.25) is 0 Å². The number of piperidine rings is 1. The normalized spacial score (nSPS) is 26.3. The van der Waals surface area contributed by atoms with Crippen LogP contribution in [0.2, 0.25) is 0 Å². The van der Waals surface area contributed by atoms with Crippen molar-refractivity contribution in [3.63, 3.8) is 0 Å². The van der Waals surface area contributed by atoms with Crippen molar-refractivity contribution in [1.82, 2.24) is 20.3 Å². The molecule has 3 saturated heterocycles. The molecule has 4 atom stereocenters. The molecule has 1 aromatic rings. The average Bonchev–Trinajstić information content (AvgIpc) is 3.29. The summed E-state index contributed by atoms with van der Waals surface area (Å²) in [6, 6.07) is 7.83. The van der Waals surface area contributed by atoms with E-state index in [2.05, 4.69) is 5.48 Å². The number of likely N-dealkylation sites (tertiary alicyclic amines) is 1. The number of urea groups is 1. The summed E-state index contributed by atoms with van der Waals surface area (Å²) in [7, 11) is 0. The van der Waals surface area contributed by atoms with Crippen LogP contribution in [0.25, 0.3) is 0 Å². The molecule has 4 amide bonds. The highest BCUT2D eigenvalue weighted by molar-refractivity contribution is 5.88. The van der Waals surface area contributed by atoms with Crippen LogP contribution >= 0.6 is 0 Å². The predicted molar refractivity (Wildman–Crippen MR) is 122 cm³/mol. The van der Waals surface area contributed by atoms with E-state index in [9.17, 15) is 18.8 Å². The van der Waals surface area contributed by atoms with Crippen LogP contribution in [0.1, 0.15) is 45.6 Å². The molecule has 4 rings (SSSR count). The third-order valence-corrected chi connectivity index (χ3v) is 6.28. The number of hydrogen-bond donors (Lipinski definition) is 1. The Bertz CT molecular complexity index is 926. The van der Waals surface area contributed by atoms with Gasteiger partial charge >= 0.3 is 12.1 Å². The van der Waals surface area contributed by atoms with Gasteiger partial charge in [0.25, 0.3) is 5.91 Å². The Kier molecular flexibility index (Phi) is 7.46. The third-order valence-electron chi connectivity index (χ3n) is 6.28. The van der Waals surface area contributed by atoms with Gasteiger partial charge in [-0.1, -0.05) is 30.3 Å². The smallest absolute Gasteiger partial charge is 0.410 e. The van der Waals surface area contributed by atoms with E-state index in [0.29, 0.717) is 19.4 Å². The van der Waals surface area contributed by atoms with Crippen molar-refractivity contribution in [2.24, 2.45) is 0 Å². The number of alkyl halides is 1. The lowest BCUT2D eigenvalue weighted by Crippen LogP contribution is -2.50. The minimum Gasteiger partial charge on any atom is -0.444 e. The summed E-state index contributed by atoms with van der Waals surface area (Å²) in [5, 5.41) is 1.36. The van der Waals surface area contributed by atoms with Crippen molar-refractivity contribution in [2.45, 2.75) is 76.5 Å². The van der Waals surface area contributed by atoms with E-state index >= 15 is 0 Å². The van der Waals surface area contributed by atoms with Gasteiger partial charge in [-0.05, 0) is 39.2 Å². The number of nitrogens with zero attached hydrogens (tertiary/aromatic N) is 3. The van der Waals surface area contributed by atoms with Gasteiger partial charge in [-0.25, -0.2) is 19.5 Å². The third kappa shape index (κ3) is 6.02. The SMILES string of the molecule is CC(C)(C)OC(=O)N1C[C@@H](F)C[C@H]1CONC(=O)[C@@H]1CC[C@@H]2CN1C(=O)N2OCc1ccccc1. The second-order valence-corrected chi connectivity index (χ2v) is 10.2. The largest absolute Gasteiger partial charge is 0.444 e. The molecule has 0 unspecified atom stereocenters. The lowest BCUT2D eigenvalue weighted by molar-refractivity contribution is -0.141. The number of nitrogens with one attached hydrogen (secondary N) is 1. The molecule has 3 aliphatic heterocycles. The molecule has 3 heterocycles. The Hall–Kier alpha value is -2.92. The van der Waals surface area contributed by atoms with E-state index < -0.39 is 35.9 Å². The highest BCUT2D eigenvalue weighted by Gasteiger charge is 2.48. The first-order chi connectivity index (χ1) is 16.6. The van der Waals surface area contributed by atoms with Gasteiger partial charge in [-0.15, -0.1) is 0 Å². The fourth-order valence-electron chi connectivity index (χ4n) is 4.63. The highest BCUT2D eigenvalue weighted by atomic mass is 19.1. The van der Waals surface area contributed by atoms with E-state index in [1.807, 2.05) is 30.3 Å². The second kappa shape index (κ2) is 10.4. The van der Waals surface area contributed by atoms with Crippen LogP contribution in [0.15, 0.2) is 30.3 Å². The van der Waals surface area contributed by atoms with Crippen LogP contribution in [0.4, 0.5) is 14.0 Å². The topological polar surface area (TPSA) is 101 Å². The van der Waals surface area contributed by atoms with Gasteiger partial charge in [-0.2, -0.15) is 5.06 Å². The first-order valence-electron chi connectivity index (χ1n) is 11.9. The summed E-state index contributed by atoms with van der Waals surface area (Å²) in [5.41, 5.74) is 2.63. The van der Waals surface area contributed by atoms with Crippen molar-refractivity contribution < 1.29 is 33.2 Å². The summed E-state index contributed by atoms with van der Waals surface area (Å²) in [6.07, 6.45) is -0.622. The molecule has 0 aliphatic carbocycles. The molecule has 2 bridgehead atoms. The molecule has 192 valence electrons. The van der Waals surface area contributed by atoms with E-state index in [1.54, 1.807) is 20.8 Å². The van der Waals surface area contributed by atoms with Crippen LogP contribution in [-0.2, 0) is 25.8 Å². The number of hydroxylamine groups is 3. The maximum atomic E-state index is 14.0. The van der Waals surface area contributed by atoms with Crippen LogP contribution in [0, 0.1) is 0 Å². The average molecular weight is 493 g/mol. The van der Waals surface area contributed by atoms with Crippen LogP contribution in [-0.4, -0.2) is 82.5 Å². The molecule has 0 aromatic heterocycles. The molecule has 3 fully saturated rings. The van der Waals surface area contributed by atoms with Crippen LogP contribution in [0.5, 0.6) is 0 Å². The number of carbonyl (C=O) groups excluding carboxylic acids is 3. The highest BCUT2D eigenvalue weighted by Crippen LogP contribution is 2.30. The van der Waals surface area contributed by atoms with E-state index in [-0.39, 0.29) is 38.3 Å². The lowest BCUT2D eigenvalue weighted by atomic mass is 10.0. The van der Waals surface area contributed by atoms with Crippen LogP contribution in [0.3, 0.4) is 0 Å². The predicted octanol–water partition coefficient (Wildman–Crippen LogP) is 2.78. The lowest BCUT2D eigenvalue weighted by Gasteiger charge is -2.30. The number of halogens is 1. The molecule has 10 nitrogen and oxygen atoms in total. The zero-order valence-electron chi connectivity index (χ0n) is 20.3. The van der Waals surface area contributed by atoms with Gasteiger partial charge < -0.3 is 9.64 Å². The zero-order valence-corrected chi connectivity index (χ0v) is 20.3. The second-order valence-electron chi connectivity index (χ2n) is 10.2. The Morgan fingerprint density at radius 3 is 2.60 bits per heavy atom. The number of amides is 4. The molecule has 1 N–H and O–H groups in total. The molecular formula is C24H33FN4O6. The van der Waals surface area contributed by atoms with Crippen molar-refractivity contribution in [1.29, 1.82) is 0 Å². The molecule has 0 spiro atoms. The minimum atomic E-state index is -1.19. The maximum absolute atomic E-state index is 14.0. The summed E-state index contributed by atoms with van der Waals surface area (Å²) >= 11 is 0. The molecule has 35 heavy (non-hydrogen) atoms. The molecule has 0 radical (unpaired) electrons. The van der Waals surface area contributed by atoms with Crippen molar-refractivity contribution in [3.8, 4) is 0 Å². The van der Waals surface area contributed by atoms with Crippen molar-refractivity contribution in [3.05, 3.63) is 35.9 Å². The summed E-state index contributed by atoms with van der Waals surface area (Å²) < 4.78 is 19.3. The van der Waals surface area contributed by atoms with Crippen molar-refractivity contribution >= 4 is 18.0 Å². The van der Waals surface area contributed by atoms with Gasteiger partial charge in [-0.3, -0.25) is 19.4 Å². The number of rotatable bonds is 7. The van der Waals surface area contributed by atoms with Gasteiger partial charge in [0, 0.05) is 13.0 Å². The summed E-state index contributed by atoms with van der Waals surface area (Å²) in [5.74, 6) is -0.458. The molecule has 11 heteroatoms. The zero-order chi connectivity index (χ0) is 25.2. The summed E-state index contributed by atoms with van der Waals surface area (Å²) in [4.78, 5) is 52.0. The number of ether oxygens (including phenoxy) is 1. The Morgan fingerprint density at radius 2 is 1.89 bits per heavy atom. The number of hydrogen-bond acceptors (Lipinski definition) is 6. The van der Waals surface area contributed by atoms with Gasteiger partial charge in [0.05, 0.1) is 25.2 Å².